The molecule has 0 saturated carbocycles. The van der Waals surface area contributed by atoms with Crippen LogP contribution in [0, 0.1) is 24.7 Å². The summed E-state index contributed by atoms with van der Waals surface area (Å²) in [5, 5.41) is 8.96. The molecule has 11 aromatic rings. The summed E-state index contributed by atoms with van der Waals surface area (Å²) in [7, 11) is 0. The predicted molar refractivity (Wildman–Crippen MR) is 317 cm³/mol. The van der Waals surface area contributed by atoms with Crippen LogP contribution in [0.15, 0.2) is 170 Å². The van der Waals surface area contributed by atoms with E-state index in [1.54, 1.807) is 0 Å². The first-order chi connectivity index (χ1) is 36.6. The number of para-hydroxylation sites is 3. The second kappa shape index (κ2) is 19.0. The molecule has 0 saturated heterocycles. The van der Waals surface area contributed by atoms with E-state index in [0.717, 1.165) is 93.7 Å². The molecule has 0 radical (unpaired) electrons. The van der Waals surface area contributed by atoms with Gasteiger partial charge in [0.05, 0.1) is 0 Å². The van der Waals surface area contributed by atoms with Crippen molar-refractivity contribution < 1.29 is 28.5 Å². The number of rotatable bonds is 7. The van der Waals surface area contributed by atoms with Crippen molar-refractivity contribution in [2.24, 2.45) is 5.92 Å². The van der Waals surface area contributed by atoms with Crippen molar-refractivity contribution in [1.82, 2.24) is 14.1 Å². The molecule has 5 nitrogen and oxygen atoms in total. The molecule has 384 valence electrons. The van der Waals surface area contributed by atoms with Crippen LogP contribution in [0.5, 0.6) is 11.5 Å². The molecular weight excluding hydrogens is 1110 g/mol. The zero-order chi connectivity index (χ0) is 53.9. The van der Waals surface area contributed by atoms with Crippen LogP contribution < -0.4 is 9.64 Å². The Labute approximate surface area is 465 Å². The Bertz CT molecular complexity index is 4260. The third-order valence-electron chi connectivity index (χ3n) is 14.9. The topological polar surface area (TPSA) is 35.2 Å². The molecule has 6 heteroatoms. The van der Waals surface area contributed by atoms with Crippen LogP contribution in [-0.2, 0) is 43.7 Å². The Morgan fingerprint density at radius 2 is 1.17 bits per heavy atom. The van der Waals surface area contributed by atoms with Crippen LogP contribution in [0.1, 0.15) is 101 Å². The number of nitrogens with zero attached hydrogens (tertiary/aromatic N) is 4. The summed E-state index contributed by atoms with van der Waals surface area (Å²) >= 11 is 0. The minimum atomic E-state index is -1.56. The molecule has 8 aromatic carbocycles. The largest absolute Gasteiger partial charge is 0.509 e. The van der Waals surface area contributed by atoms with Gasteiger partial charge in [0, 0.05) is 52.7 Å². The molecule has 0 atom stereocenters. The molecule has 1 aliphatic rings. The molecule has 12 rings (SSSR count). The van der Waals surface area contributed by atoms with Crippen molar-refractivity contribution in [1.29, 1.82) is 0 Å². The third kappa shape index (κ3) is 9.01. The fraction of sp³-hybridized carbons (Fsp3) is 0.229. The normalized spacial score (nSPS) is 13.4. The molecule has 1 aliphatic heterocycles. The van der Waals surface area contributed by atoms with Crippen molar-refractivity contribution >= 4 is 76.5 Å². The van der Waals surface area contributed by atoms with Gasteiger partial charge >= 0.3 is 0 Å². The molecule has 0 N–H and O–H groups in total. The number of aromatic nitrogens is 3. The molecule has 4 heterocycles. The maximum atomic E-state index is 9.44. The summed E-state index contributed by atoms with van der Waals surface area (Å²) < 4.78 is 30.3. The molecular formula is C70H65N4OPt-3. The van der Waals surface area contributed by atoms with E-state index in [2.05, 4.69) is 241 Å². The zero-order valence-electron chi connectivity index (χ0n) is 47.3. The van der Waals surface area contributed by atoms with E-state index in [1.807, 2.05) is 38.2 Å². The van der Waals surface area contributed by atoms with Crippen molar-refractivity contribution in [3.63, 3.8) is 0 Å². The number of ether oxygens (including phenoxy) is 1. The minimum Gasteiger partial charge on any atom is -0.509 e. The quantitative estimate of drug-likeness (QED) is 0.149. The van der Waals surface area contributed by atoms with Crippen LogP contribution in [0.4, 0.5) is 11.4 Å². The Morgan fingerprint density at radius 1 is 0.553 bits per heavy atom. The Hall–Kier alpha value is -7.33. The van der Waals surface area contributed by atoms with Gasteiger partial charge in [-0.1, -0.05) is 197 Å². The molecule has 0 amide bonds. The maximum Gasteiger partial charge on any atom is 0.135 e. The summed E-state index contributed by atoms with van der Waals surface area (Å²) in [5.74, 6) is 1.73. The van der Waals surface area contributed by atoms with Crippen LogP contribution in [0.25, 0.3) is 82.1 Å². The number of fused-ring (bicyclic) bond motifs is 10. The van der Waals surface area contributed by atoms with Crippen molar-refractivity contribution in [2.75, 3.05) is 4.90 Å². The van der Waals surface area contributed by atoms with Gasteiger partial charge in [0.1, 0.15) is 5.82 Å². The Balaban J connectivity index is 0.00000645. The third-order valence-corrected chi connectivity index (χ3v) is 14.9. The van der Waals surface area contributed by atoms with Gasteiger partial charge < -0.3 is 18.8 Å². The Kier molecular flexibility index (Phi) is 12.1. The summed E-state index contributed by atoms with van der Waals surface area (Å²) in [4.78, 5) is 7.13. The first-order valence-corrected chi connectivity index (χ1v) is 26.4. The average Bonchev–Trinajstić information content (AvgIpc) is 4.12. The SMILES string of the molecule is [2H]C([2H])(c1cc(-c2cccc3c4ccccc4c4cc(C(C)(C)C)ccc4c4cccc5c4n(c23)[CH-]N5c2[c-]c(Oc3[c-]c4c(cc3)c3ccccc3n4-c3cc(C(C)(C)C)ccn3)ccc2)cc(C(C)(C)C)c1)C(C)C.[Pt]. The standard InChI is InChI=1S/C70H65N4O.Pt/c1-44(2)35-45-36-46(38-49(37-45)70(9,10)11)53-24-17-25-59-54-21-12-13-22-55(54)61-39-47(68(3,4)5)29-31-56(61)60-26-18-28-63-67(60)73(66(53)59)43-72(63)50-19-16-20-51(41-50)75-52-30-32-58-57-23-14-15-27-62(57)74(64(58)42-52)65-40-48(33-34-71-65)69(6,7)8;/h12-34,36-40,43-44H,35H2,1-11H3;/q-3;/i35D2;. The minimum absolute atomic E-state index is 0. The van der Waals surface area contributed by atoms with E-state index in [0.29, 0.717) is 17.1 Å². The summed E-state index contributed by atoms with van der Waals surface area (Å²) in [5.41, 5.74) is 11.6. The smallest absolute Gasteiger partial charge is 0.135 e. The second-order valence-corrected chi connectivity index (χ2v) is 23.7. The van der Waals surface area contributed by atoms with Gasteiger partial charge in [0.2, 0.25) is 0 Å². The number of anilines is 2. The summed E-state index contributed by atoms with van der Waals surface area (Å²) in [6, 6.07) is 65.8. The number of hydrogen-bond acceptors (Lipinski definition) is 3. The van der Waals surface area contributed by atoms with E-state index in [1.165, 1.54) is 16.5 Å². The first kappa shape index (κ1) is 48.3. The van der Waals surface area contributed by atoms with Crippen LogP contribution in [0.2, 0.25) is 0 Å². The number of hydrogen-bond donors (Lipinski definition) is 0. The van der Waals surface area contributed by atoms with Gasteiger partial charge in [0.25, 0.3) is 0 Å². The molecule has 0 bridgehead atoms. The molecule has 0 unspecified atom stereocenters. The Morgan fingerprint density at radius 3 is 1.91 bits per heavy atom. The zero-order valence-corrected chi connectivity index (χ0v) is 47.6. The number of pyridine rings is 1. The van der Waals surface area contributed by atoms with Crippen molar-refractivity contribution in [2.45, 2.75) is 98.8 Å². The van der Waals surface area contributed by atoms with Gasteiger partial charge in [-0.15, -0.1) is 35.7 Å². The van der Waals surface area contributed by atoms with Crippen molar-refractivity contribution in [3.05, 3.63) is 211 Å². The van der Waals surface area contributed by atoms with E-state index < -0.39 is 6.37 Å². The fourth-order valence-corrected chi connectivity index (χ4v) is 11.0. The van der Waals surface area contributed by atoms with Gasteiger partial charge in [-0.25, -0.2) is 4.98 Å². The first-order valence-electron chi connectivity index (χ1n) is 27.4. The van der Waals surface area contributed by atoms with E-state index in [4.69, 9.17) is 9.72 Å². The van der Waals surface area contributed by atoms with Gasteiger partial charge in [-0.05, 0) is 142 Å². The van der Waals surface area contributed by atoms with E-state index in [-0.39, 0.29) is 43.2 Å². The van der Waals surface area contributed by atoms with E-state index in [9.17, 15) is 2.74 Å². The monoisotopic (exact) mass is 1170 g/mol. The molecule has 0 fully saturated rings. The molecule has 0 aliphatic carbocycles. The second-order valence-electron chi connectivity index (χ2n) is 23.7. The van der Waals surface area contributed by atoms with Crippen LogP contribution >= 0.6 is 0 Å². The maximum absolute atomic E-state index is 9.44. The van der Waals surface area contributed by atoms with Gasteiger partial charge in [0.15, 0.2) is 0 Å². The van der Waals surface area contributed by atoms with Crippen molar-refractivity contribution in [3.8, 4) is 28.4 Å². The average molecular weight is 1180 g/mol. The molecule has 0 spiro atoms. The predicted octanol–water partition coefficient (Wildman–Crippen LogP) is 19.0. The summed E-state index contributed by atoms with van der Waals surface area (Å²) in [6.07, 6.45) is 0.335. The van der Waals surface area contributed by atoms with Crippen LogP contribution in [0.3, 0.4) is 0 Å². The molecule has 76 heavy (non-hydrogen) atoms. The van der Waals surface area contributed by atoms with Crippen LogP contribution in [-0.4, -0.2) is 14.1 Å². The fourth-order valence-electron chi connectivity index (χ4n) is 11.0. The molecule has 3 aromatic heterocycles. The summed E-state index contributed by atoms with van der Waals surface area (Å²) in [6.45, 7) is 26.3. The van der Waals surface area contributed by atoms with Gasteiger partial charge in [-0.2, -0.15) is 12.1 Å². The van der Waals surface area contributed by atoms with Gasteiger partial charge in [-0.3, -0.25) is 0 Å². The number of benzene rings is 8. The van der Waals surface area contributed by atoms with E-state index >= 15 is 0 Å².